The van der Waals surface area contributed by atoms with Crippen LogP contribution < -0.4 is 5.32 Å². The first-order valence-corrected chi connectivity index (χ1v) is 8.49. The Labute approximate surface area is 135 Å². The first-order valence-electron chi connectivity index (χ1n) is 8.11. The number of amides is 1. The van der Waals surface area contributed by atoms with Gasteiger partial charge in [-0.05, 0) is 43.4 Å². The maximum absolute atomic E-state index is 12.1. The summed E-state index contributed by atoms with van der Waals surface area (Å²) >= 11 is 5.83. The number of aliphatic hydroxyl groups excluding tert-OH is 1. The molecule has 0 radical (unpaired) electrons. The van der Waals surface area contributed by atoms with Crippen molar-refractivity contribution in [1.29, 1.82) is 0 Å². The third-order valence-corrected chi connectivity index (χ3v) is 5.18. The van der Waals surface area contributed by atoms with Crippen LogP contribution in [-0.2, 0) is 0 Å². The summed E-state index contributed by atoms with van der Waals surface area (Å²) < 4.78 is 4.95. The van der Waals surface area contributed by atoms with E-state index in [1.54, 1.807) is 6.07 Å². The van der Waals surface area contributed by atoms with Crippen LogP contribution in [0.2, 0.25) is 5.22 Å². The number of piperidine rings is 1. The van der Waals surface area contributed by atoms with Gasteiger partial charge < -0.3 is 14.8 Å². The van der Waals surface area contributed by atoms with E-state index in [1.807, 2.05) is 0 Å². The lowest BCUT2D eigenvalue weighted by Gasteiger charge is -2.41. The molecule has 2 aliphatic rings. The number of rotatable bonds is 3. The lowest BCUT2D eigenvalue weighted by molar-refractivity contribution is 0.00727. The number of carbonyl (C=O) groups is 1. The largest absolute Gasteiger partial charge is 0.452 e. The Hall–Kier alpha value is -1.04. The number of aliphatic hydroxyl groups is 1. The van der Waals surface area contributed by atoms with Gasteiger partial charge in [0.1, 0.15) is 0 Å². The highest BCUT2D eigenvalue weighted by Gasteiger charge is 2.32. The summed E-state index contributed by atoms with van der Waals surface area (Å²) in [5, 5.41) is 13.3. The molecule has 3 rings (SSSR count). The Morgan fingerprint density at radius 3 is 2.64 bits per heavy atom. The molecule has 0 unspecified atom stereocenters. The lowest BCUT2D eigenvalue weighted by atomic mass is 9.89. The molecule has 1 aliphatic heterocycles. The minimum Gasteiger partial charge on any atom is -0.452 e. The van der Waals surface area contributed by atoms with E-state index in [1.165, 1.54) is 12.7 Å². The second kappa shape index (κ2) is 7.02. The number of likely N-dealkylation sites (tertiary alicyclic amines) is 1. The number of halogens is 1. The van der Waals surface area contributed by atoms with Crippen LogP contribution in [0.4, 0.5) is 0 Å². The summed E-state index contributed by atoms with van der Waals surface area (Å²) in [6.45, 7) is 1.84. The molecule has 1 aliphatic carbocycles. The van der Waals surface area contributed by atoms with E-state index in [0.717, 1.165) is 45.2 Å². The maximum Gasteiger partial charge on any atom is 0.256 e. The molecule has 1 aromatic heterocycles. The molecular weight excluding hydrogens is 304 g/mol. The molecular formula is C16H23ClN2O3. The van der Waals surface area contributed by atoms with E-state index in [-0.39, 0.29) is 23.3 Å². The third-order valence-electron chi connectivity index (χ3n) is 4.89. The summed E-state index contributed by atoms with van der Waals surface area (Å²) in [5.41, 5.74) is 0.395. The second-order valence-corrected chi connectivity index (χ2v) is 6.65. The van der Waals surface area contributed by atoms with Gasteiger partial charge in [-0.2, -0.15) is 0 Å². The normalized spacial score (nSPS) is 27.7. The van der Waals surface area contributed by atoms with Crippen molar-refractivity contribution in [2.75, 3.05) is 13.1 Å². The summed E-state index contributed by atoms with van der Waals surface area (Å²) in [7, 11) is 0. The van der Waals surface area contributed by atoms with Crippen LogP contribution in [0, 0.1) is 0 Å². The van der Waals surface area contributed by atoms with Crippen molar-refractivity contribution in [3.05, 3.63) is 23.1 Å². The third kappa shape index (κ3) is 3.47. The van der Waals surface area contributed by atoms with Gasteiger partial charge >= 0.3 is 0 Å². The van der Waals surface area contributed by atoms with Crippen LogP contribution in [0.15, 0.2) is 16.7 Å². The zero-order valence-corrected chi connectivity index (χ0v) is 13.4. The highest BCUT2D eigenvalue weighted by atomic mass is 35.5. The Morgan fingerprint density at radius 2 is 2.00 bits per heavy atom. The van der Waals surface area contributed by atoms with Crippen LogP contribution in [-0.4, -0.2) is 47.2 Å². The molecule has 22 heavy (non-hydrogen) atoms. The molecule has 2 fully saturated rings. The Bertz CT molecular complexity index is 511. The monoisotopic (exact) mass is 326 g/mol. The van der Waals surface area contributed by atoms with Gasteiger partial charge in [0.05, 0.1) is 17.9 Å². The number of carbonyl (C=O) groups excluding carboxylic acids is 1. The quantitative estimate of drug-likeness (QED) is 0.895. The van der Waals surface area contributed by atoms with E-state index in [9.17, 15) is 9.90 Å². The fourth-order valence-corrected chi connectivity index (χ4v) is 3.81. The van der Waals surface area contributed by atoms with Crippen molar-refractivity contribution >= 4 is 17.5 Å². The van der Waals surface area contributed by atoms with Gasteiger partial charge in [0.15, 0.2) is 0 Å². The molecule has 2 N–H and O–H groups in total. The van der Waals surface area contributed by atoms with Gasteiger partial charge in [-0.15, -0.1) is 0 Å². The van der Waals surface area contributed by atoms with E-state index in [2.05, 4.69) is 10.2 Å². The molecule has 1 aromatic rings. The van der Waals surface area contributed by atoms with Crippen molar-refractivity contribution in [2.24, 2.45) is 0 Å². The zero-order chi connectivity index (χ0) is 15.5. The number of furan rings is 1. The zero-order valence-electron chi connectivity index (χ0n) is 12.6. The van der Waals surface area contributed by atoms with Crippen LogP contribution in [0.25, 0.3) is 0 Å². The van der Waals surface area contributed by atoms with E-state index in [4.69, 9.17) is 16.0 Å². The fraction of sp³-hybridized carbons (Fsp3) is 0.688. The molecule has 6 heteroatoms. The molecule has 0 bridgehead atoms. The van der Waals surface area contributed by atoms with Gasteiger partial charge in [0, 0.05) is 25.2 Å². The summed E-state index contributed by atoms with van der Waals surface area (Å²) in [4.78, 5) is 14.5. The van der Waals surface area contributed by atoms with Crippen LogP contribution in [0.5, 0.6) is 0 Å². The van der Waals surface area contributed by atoms with Gasteiger partial charge in [-0.1, -0.05) is 12.8 Å². The van der Waals surface area contributed by atoms with Gasteiger partial charge in [-0.25, -0.2) is 0 Å². The Kier molecular flexibility index (Phi) is 5.06. The second-order valence-electron chi connectivity index (χ2n) is 6.31. The van der Waals surface area contributed by atoms with Crippen LogP contribution >= 0.6 is 11.6 Å². The molecule has 5 nitrogen and oxygen atoms in total. The predicted molar refractivity (Wildman–Crippen MR) is 84.0 cm³/mol. The van der Waals surface area contributed by atoms with Crippen molar-refractivity contribution in [2.45, 2.75) is 56.7 Å². The smallest absolute Gasteiger partial charge is 0.256 e. The molecule has 0 spiro atoms. The van der Waals surface area contributed by atoms with E-state index in [0.29, 0.717) is 11.6 Å². The number of hydrogen-bond acceptors (Lipinski definition) is 4. The van der Waals surface area contributed by atoms with Crippen molar-refractivity contribution in [3.63, 3.8) is 0 Å². The van der Waals surface area contributed by atoms with Crippen LogP contribution in [0.1, 0.15) is 48.9 Å². The highest BCUT2D eigenvalue weighted by Crippen LogP contribution is 2.26. The number of hydrogen-bond donors (Lipinski definition) is 2. The van der Waals surface area contributed by atoms with Crippen molar-refractivity contribution in [1.82, 2.24) is 10.2 Å². The van der Waals surface area contributed by atoms with Gasteiger partial charge in [0.2, 0.25) is 5.22 Å². The average molecular weight is 327 g/mol. The SMILES string of the molecule is O=C(NC1CCN([C@H]2CCCC[C@@H]2O)CC1)c1ccoc1Cl. The molecule has 0 aromatic carbocycles. The van der Waals surface area contributed by atoms with E-state index >= 15 is 0 Å². The highest BCUT2D eigenvalue weighted by molar-refractivity contribution is 6.32. The number of nitrogens with one attached hydrogen (secondary N) is 1. The van der Waals surface area contributed by atoms with Crippen LogP contribution in [0.3, 0.4) is 0 Å². The van der Waals surface area contributed by atoms with Gasteiger partial charge in [-0.3, -0.25) is 9.69 Å². The molecule has 1 saturated carbocycles. The molecule has 2 heterocycles. The summed E-state index contributed by atoms with van der Waals surface area (Å²) in [5.74, 6) is -0.171. The standard InChI is InChI=1S/C16H23ClN2O3/c17-15-12(7-10-22-15)16(21)18-11-5-8-19(9-6-11)13-3-1-2-4-14(13)20/h7,10-11,13-14,20H,1-6,8-9H2,(H,18,21)/t13-,14-/m0/s1. The minimum absolute atomic E-state index is 0.139. The Balaban J connectivity index is 1.49. The molecule has 1 amide bonds. The van der Waals surface area contributed by atoms with Crippen molar-refractivity contribution in [3.8, 4) is 0 Å². The summed E-state index contributed by atoms with van der Waals surface area (Å²) in [6, 6.07) is 2.05. The van der Waals surface area contributed by atoms with E-state index < -0.39 is 0 Å². The fourth-order valence-electron chi connectivity index (χ4n) is 3.61. The lowest BCUT2D eigenvalue weighted by Crippen LogP contribution is -2.52. The molecule has 2 atom stereocenters. The van der Waals surface area contributed by atoms with Gasteiger partial charge in [0.25, 0.3) is 5.91 Å². The number of nitrogens with zero attached hydrogens (tertiary/aromatic N) is 1. The average Bonchev–Trinajstić information content (AvgIpc) is 2.95. The predicted octanol–water partition coefficient (Wildman–Crippen LogP) is 2.43. The first-order chi connectivity index (χ1) is 10.6. The Morgan fingerprint density at radius 1 is 1.27 bits per heavy atom. The molecule has 1 saturated heterocycles. The molecule has 122 valence electrons. The summed E-state index contributed by atoms with van der Waals surface area (Å²) in [6.07, 6.45) is 7.39. The minimum atomic E-state index is -0.190. The topological polar surface area (TPSA) is 65.7 Å². The maximum atomic E-state index is 12.1. The first kappa shape index (κ1) is 15.8. The van der Waals surface area contributed by atoms with Crippen molar-refractivity contribution < 1.29 is 14.3 Å².